The molecule has 0 aromatic heterocycles. The van der Waals surface area contributed by atoms with Crippen LogP contribution in [0.1, 0.15) is 12.8 Å². The van der Waals surface area contributed by atoms with Crippen molar-refractivity contribution in [2.75, 3.05) is 11.9 Å². The van der Waals surface area contributed by atoms with Gasteiger partial charge in [0.15, 0.2) is 0 Å². The fraction of sp³-hybridized carbons (Fsp3) is 0.333. The Morgan fingerprint density at radius 3 is 2.89 bits per heavy atom. The molecule has 7 heteroatoms. The Labute approximate surface area is 114 Å². The van der Waals surface area contributed by atoms with E-state index in [1.807, 2.05) is 0 Å². The minimum atomic E-state index is -1.04. The lowest BCUT2D eigenvalue weighted by atomic mass is 10.2. The summed E-state index contributed by atoms with van der Waals surface area (Å²) in [5.74, 6) is -1.58. The Morgan fingerprint density at radius 2 is 2.21 bits per heavy atom. The third-order valence-corrected chi connectivity index (χ3v) is 3.30. The Morgan fingerprint density at radius 1 is 1.47 bits per heavy atom. The van der Waals surface area contributed by atoms with E-state index in [9.17, 15) is 14.0 Å². The van der Waals surface area contributed by atoms with Crippen molar-refractivity contribution < 1.29 is 19.1 Å². The van der Waals surface area contributed by atoms with Crippen LogP contribution >= 0.6 is 11.6 Å². The van der Waals surface area contributed by atoms with Crippen LogP contribution in [0.3, 0.4) is 0 Å². The van der Waals surface area contributed by atoms with E-state index < -0.39 is 23.9 Å². The first-order chi connectivity index (χ1) is 8.99. The summed E-state index contributed by atoms with van der Waals surface area (Å²) < 4.78 is 13.1. The number of urea groups is 1. The highest BCUT2D eigenvalue weighted by atomic mass is 35.5. The summed E-state index contributed by atoms with van der Waals surface area (Å²) in [5, 5.41) is 11.6. The number of nitrogens with one attached hydrogen (secondary N) is 1. The first-order valence-electron chi connectivity index (χ1n) is 5.74. The van der Waals surface area contributed by atoms with E-state index in [4.69, 9.17) is 16.7 Å². The fourth-order valence-corrected chi connectivity index (χ4v) is 2.21. The lowest BCUT2D eigenvalue weighted by Gasteiger charge is -2.22. The van der Waals surface area contributed by atoms with E-state index in [1.54, 1.807) is 0 Å². The first kappa shape index (κ1) is 13.6. The predicted octanol–water partition coefficient (Wildman–Crippen LogP) is 2.56. The van der Waals surface area contributed by atoms with Gasteiger partial charge in [-0.05, 0) is 31.0 Å². The van der Waals surface area contributed by atoms with Gasteiger partial charge in [-0.25, -0.2) is 14.0 Å². The summed E-state index contributed by atoms with van der Waals surface area (Å²) in [6.45, 7) is 0.357. The number of benzene rings is 1. The van der Waals surface area contributed by atoms with Gasteiger partial charge in [-0.2, -0.15) is 0 Å². The summed E-state index contributed by atoms with van der Waals surface area (Å²) in [4.78, 5) is 24.2. The highest BCUT2D eigenvalue weighted by Gasteiger charge is 2.34. The number of amides is 2. The quantitative estimate of drug-likeness (QED) is 0.878. The molecule has 102 valence electrons. The lowest BCUT2D eigenvalue weighted by molar-refractivity contribution is -0.141. The smallest absolute Gasteiger partial charge is 0.326 e. The third-order valence-electron chi connectivity index (χ3n) is 2.97. The molecule has 2 N–H and O–H groups in total. The number of anilines is 1. The number of halogens is 2. The Balaban J connectivity index is 2.12. The molecule has 1 atom stereocenters. The van der Waals surface area contributed by atoms with Crippen molar-refractivity contribution >= 4 is 29.3 Å². The molecule has 1 aromatic carbocycles. The van der Waals surface area contributed by atoms with Crippen molar-refractivity contribution in [1.82, 2.24) is 4.90 Å². The van der Waals surface area contributed by atoms with Crippen molar-refractivity contribution in [3.8, 4) is 0 Å². The summed E-state index contributed by atoms with van der Waals surface area (Å²) in [5.41, 5.74) is 0.128. The molecule has 0 spiro atoms. The minimum Gasteiger partial charge on any atom is -0.480 e. The fourth-order valence-electron chi connectivity index (χ4n) is 2.05. The Hall–Kier alpha value is -1.82. The molecule has 1 aliphatic heterocycles. The van der Waals surface area contributed by atoms with Crippen LogP contribution in [0.15, 0.2) is 18.2 Å². The second-order valence-electron chi connectivity index (χ2n) is 4.24. The van der Waals surface area contributed by atoms with Gasteiger partial charge >= 0.3 is 12.0 Å². The van der Waals surface area contributed by atoms with Gasteiger partial charge in [0.2, 0.25) is 0 Å². The monoisotopic (exact) mass is 286 g/mol. The average molecular weight is 287 g/mol. The Bertz CT molecular complexity index is 524. The van der Waals surface area contributed by atoms with E-state index in [0.717, 1.165) is 6.07 Å². The van der Waals surface area contributed by atoms with Crippen molar-refractivity contribution in [3.63, 3.8) is 0 Å². The zero-order valence-electron chi connectivity index (χ0n) is 9.90. The average Bonchev–Trinajstić information content (AvgIpc) is 2.83. The number of carboxylic acid groups (broad SMARTS) is 1. The normalized spacial score (nSPS) is 18.4. The lowest BCUT2D eigenvalue weighted by Crippen LogP contribution is -2.42. The molecular weight excluding hydrogens is 275 g/mol. The topological polar surface area (TPSA) is 69.6 Å². The number of aliphatic carboxylic acids is 1. The number of carboxylic acids is 1. The molecule has 1 aromatic rings. The SMILES string of the molecule is O=C(O)[C@@H]1CCCN1C(=O)Nc1cc(F)ccc1Cl. The van der Waals surface area contributed by atoms with E-state index in [-0.39, 0.29) is 10.7 Å². The van der Waals surface area contributed by atoms with E-state index >= 15 is 0 Å². The summed E-state index contributed by atoms with van der Waals surface area (Å²) >= 11 is 5.83. The molecule has 2 rings (SSSR count). The molecule has 0 bridgehead atoms. The van der Waals surface area contributed by atoms with Gasteiger partial charge in [0.25, 0.3) is 0 Å². The molecule has 0 unspecified atom stereocenters. The second-order valence-corrected chi connectivity index (χ2v) is 4.65. The molecule has 19 heavy (non-hydrogen) atoms. The standard InChI is InChI=1S/C12H12ClFN2O3/c13-8-4-3-7(14)6-9(8)15-12(19)16-5-1-2-10(16)11(17)18/h3-4,6,10H,1-2,5H2,(H,15,19)(H,17,18)/t10-/m0/s1. The van der Waals surface area contributed by atoms with Crippen molar-refractivity contribution in [2.24, 2.45) is 0 Å². The molecule has 0 aliphatic carbocycles. The van der Waals surface area contributed by atoms with Crippen LogP contribution in [-0.2, 0) is 4.79 Å². The van der Waals surface area contributed by atoms with E-state index in [2.05, 4.69) is 5.32 Å². The highest BCUT2D eigenvalue weighted by Crippen LogP contribution is 2.24. The number of likely N-dealkylation sites (tertiary alicyclic amines) is 1. The zero-order chi connectivity index (χ0) is 14.0. The van der Waals surface area contributed by atoms with Gasteiger partial charge in [0, 0.05) is 6.54 Å². The second kappa shape index (κ2) is 5.44. The molecule has 5 nitrogen and oxygen atoms in total. The number of carbonyl (C=O) groups excluding carboxylic acids is 1. The van der Waals surface area contributed by atoms with Crippen molar-refractivity contribution in [2.45, 2.75) is 18.9 Å². The van der Waals surface area contributed by atoms with Crippen molar-refractivity contribution in [1.29, 1.82) is 0 Å². The molecule has 1 aliphatic rings. The maximum atomic E-state index is 13.1. The van der Waals surface area contributed by atoms with Crippen LogP contribution in [0.4, 0.5) is 14.9 Å². The van der Waals surface area contributed by atoms with E-state index in [1.165, 1.54) is 17.0 Å². The summed E-state index contributed by atoms with van der Waals surface area (Å²) in [7, 11) is 0. The first-order valence-corrected chi connectivity index (χ1v) is 6.12. The molecule has 0 radical (unpaired) electrons. The largest absolute Gasteiger partial charge is 0.480 e. The summed E-state index contributed by atoms with van der Waals surface area (Å²) in [6.07, 6.45) is 1.04. The van der Waals surface area contributed by atoms with Crippen LogP contribution in [0, 0.1) is 5.82 Å². The molecule has 1 fully saturated rings. The minimum absolute atomic E-state index is 0.128. The summed E-state index contributed by atoms with van der Waals surface area (Å²) in [6, 6.07) is 2.16. The number of carbonyl (C=O) groups is 2. The zero-order valence-corrected chi connectivity index (χ0v) is 10.7. The Kier molecular flexibility index (Phi) is 3.90. The van der Waals surface area contributed by atoms with Crippen LogP contribution in [0.5, 0.6) is 0 Å². The number of hydrogen-bond acceptors (Lipinski definition) is 2. The predicted molar refractivity (Wildman–Crippen MR) is 67.8 cm³/mol. The number of hydrogen-bond donors (Lipinski definition) is 2. The number of rotatable bonds is 2. The molecule has 1 saturated heterocycles. The van der Waals surface area contributed by atoms with Crippen molar-refractivity contribution in [3.05, 3.63) is 29.0 Å². The molecule has 2 amide bonds. The van der Waals surface area contributed by atoms with Gasteiger partial charge in [-0.1, -0.05) is 11.6 Å². The van der Waals surface area contributed by atoms with Gasteiger partial charge in [-0.3, -0.25) is 0 Å². The maximum absolute atomic E-state index is 13.1. The maximum Gasteiger partial charge on any atom is 0.326 e. The van der Waals surface area contributed by atoms with Gasteiger partial charge < -0.3 is 15.3 Å². The van der Waals surface area contributed by atoms with Crippen LogP contribution in [-0.4, -0.2) is 34.6 Å². The van der Waals surface area contributed by atoms with Gasteiger partial charge in [-0.15, -0.1) is 0 Å². The van der Waals surface area contributed by atoms with Crippen LogP contribution in [0.25, 0.3) is 0 Å². The number of nitrogens with zero attached hydrogens (tertiary/aromatic N) is 1. The molecule has 0 saturated carbocycles. The van der Waals surface area contributed by atoms with Gasteiger partial charge in [0.05, 0.1) is 10.7 Å². The molecular formula is C12H12ClFN2O3. The van der Waals surface area contributed by atoms with E-state index in [0.29, 0.717) is 19.4 Å². The van der Waals surface area contributed by atoms with Crippen LogP contribution < -0.4 is 5.32 Å². The van der Waals surface area contributed by atoms with Crippen LogP contribution in [0.2, 0.25) is 5.02 Å². The molecule has 1 heterocycles. The highest BCUT2D eigenvalue weighted by molar-refractivity contribution is 6.33. The van der Waals surface area contributed by atoms with Gasteiger partial charge in [0.1, 0.15) is 11.9 Å². The third kappa shape index (κ3) is 2.96.